The van der Waals surface area contributed by atoms with Crippen LogP contribution in [0, 0.1) is 0 Å². The van der Waals surface area contributed by atoms with Crippen molar-refractivity contribution < 1.29 is 86.9 Å². The van der Waals surface area contributed by atoms with Crippen molar-refractivity contribution in [2.24, 2.45) is 0 Å². The molecule has 0 aliphatic heterocycles. The van der Waals surface area contributed by atoms with E-state index in [-0.39, 0.29) is 74.4 Å². The normalized spacial score (nSPS) is 11.9. The van der Waals surface area contributed by atoms with Crippen LogP contribution in [-0.2, 0) is 22.2 Å². The van der Waals surface area contributed by atoms with Gasteiger partial charge >= 0.3 is 59.1 Å². The van der Waals surface area contributed by atoms with Crippen molar-refractivity contribution in [1.82, 2.24) is 0 Å². The van der Waals surface area contributed by atoms with Gasteiger partial charge in [0.1, 0.15) is 11.5 Å². The molecule has 108 valence electrons. The van der Waals surface area contributed by atoms with Gasteiger partial charge in [-0.25, -0.2) is 0 Å². The van der Waals surface area contributed by atoms with Gasteiger partial charge in [0.25, 0.3) is 0 Å². The molecule has 6 nitrogen and oxygen atoms in total. The Balaban J connectivity index is 0. The summed E-state index contributed by atoms with van der Waals surface area (Å²) >= 11 is -4.53. The minimum Gasteiger partial charge on any atom is -0.768 e. The van der Waals surface area contributed by atoms with Crippen LogP contribution in [0.1, 0.15) is 0 Å². The Bertz CT molecular complexity index is 563. The molecule has 0 saturated carbocycles. The summed E-state index contributed by atoms with van der Waals surface area (Å²) in [6.07, 6.45) is 0. The third-order valence-corrected chi connectivity index (χ3v) is 3.58. The van der Waals surface area contributed by atoms with Gasteiger partial charge in [0, 0.05) is 9.79 Å². The summed E-state index contributed by atoms with van der Waals surface area (Å²) in [5.74, 6) is 0.926. The molecular formula is C12H10Na2O6S2. The maximum atomic E-state index is 10.7. The molecule has 0 radical (unpaired) electrons. The molecule has 0 aliphatic rings. The zero-order chi connectivity index (χ0) is 13.8. The number of benzene rings is 2. The van der Waals surface area contributed by atoms with Crippen molar-refractivity contribution in [3.05, 3.63) is 48.5 Å². The molecule has 2 atom stereocenters. The van der Waals surface area contributed by atoms with Gasteiger partial charge in [0.05, 0.1) is 0 Å². The number of hydrogen-bond donors (Lipinski definition) is 0. The zero-order valence-corrected chi connectivity index (χ0v) is 17.6. The monoisotopic (exact) mass is 360 g/mol. The summed E-state index contributed by atoms with van der Waals surface area (Å²) in [6, 6.07) is 11.7. The van der Waals surface area contributed by atoms with Gasteiger partial charge < -0.3 is 19.3 Å². The summed E-state index contributed by atoms with van der Waals surface area (Å²) in [5.41, 5.74) is 0. The Hall–Kier alpha value is 0.420. The first kappa shape index (κ1) is 24.7. The van der Waals surface area contributed by atoms with Crippen molar-refractivity contribution >= 4 is 22.2 Å². The number of ether oxygens (including phenoxy) is 1. The fraction of sp³-hybridized carbons (Fsp3) is 0. The molecule has 0 amide bonds. The van der Waals surface area contributed by atoms with E-state index < -0.39 is 22.2 Å². The topological polar surface area (TPSA) is 121 Å². The maximum absolute atomic E-state index is 10.7. The molecule has 0 bridgehead atoms. The van der Waals surface area contributed by atoms with E-state index in [2.05, 4.69) is 0 Å². The predicted octanol–water partition coefficient (Wildman–Crippen LogP) is -4.86. The average molecular weight is 360 g/mol. The van der Waals surface area contributed by atoms with Gasteiger partial charge in [-0.15, -0.1) is 0 Å². The average Bonchev–Trinajstić information content (AvgIpc) is 2.40. The first-order valence-electron chi connectivity index (χ1n) is 5.13. The molecule has 2 unspecified atom stereocenters. The minimum atomic E-state index is -2.27. The van der Waals surface area contributed by atoms with Crippen LogP contribution in [0.4, 0.5) is 0 Å². The quantitative estimate of drug-likeness (QED) is 0.400. The maximum Gasteiger partial charge on any atom is 1.00 e. The SMILES string of the molecule is O.O=S([O-])c1ccc(Oc2ccc(S(=O)[O-])cc2)cc1.[Na+].[Na+]. The molecular weight excluding hydrogens is 350 g/mol. The van der Waals surface area contributed by atoms with Gasteiger partial charge in [-0.1, -0.05) is 0 Å². The molecule has 2 aromatic rings. The predicted molar refractivity (Wildman–Crippen MR) is 70.9 cm³/mol. The van der Waals surface area contributed by atoms with E-state index in [1.165, 1.54) is 48.5 Å². The van der Waals surface area contributed by atoms with E-state index in [1.807, 2.05) is 0 Å². The van der Waals surface area contributed by atoms with E-state index >= 15 is 0 Å². The Morgan fingerprint density at radius 2 is 0.955 bits per heavy atom. The van der Waals surface area contributed by atoms with E-state index in [4.69, 9.17) is 4.74 Å². The van der Waals surface area contributed by atoms with Crippen molar-refractivity contribution in [2.45, 2.75) is 9.79 Å². The summed E-state index contributed by atoms with van der Waals surface area (Å²) in [7, 11) is 0. The van der Waals surface area contributed by atoms with E-state index in [0.717, 1.165) is 0 Å². The number of rotatable bonds is 4. The molecule has 0 fully saturated rings. The van der Waals surface area contributed by atoms with Crippen molar-refractivity contribution in [1.29, 1.82) is 0 Å². The number of hydrogen-bond acceptors (Lipinski definition) is 5. The Morgan fingerprint density at radius 3 is 1.18 bits per heavy atom. The summed E-state index contributed by atoms with van der Waals surface area (Å²) < 4.78 is 48.1. The van der Waals surface area contributed by atoms with Crippen molar-refractivity contribution in [3.8, 4) is 11.5 Å². The van der Waals surface area contributed by atoms with Gasteiger partial charge in [-0.3, -0.25) is 8.42 Å². The first-order valence-corrected chi connectivity index (χ1v) is 7.28. The van der Waals surface area contributed by atoms with E-state index in [1.54, 1.807) is 0 Å². The summed E-state index contributed by atoms with van der Waals surface area (Å²) in [5, 5.41) is 0. The molecule has 0 heterocycles. The van der Waals surface area contributed by atoms with Crippen LogP contribution in [0.25, 0.3) is 0 Å². The third-order valence-electron chi connectivity index (χ3n) is 2.27. The molecule has 2 rings (SSSR count). The van der Waals surface area contributed by atoms with Crippen molar-refractivity contribution in [2.75, 3.05) is 0 Å². The fourth-order valence-electron chi connectivity index (χ4n) is 1.37. The molecule has 2 N–H and O–H groups in total. The van der Waals surface area contributed by atoms with Crippen molar-refractivity contribution in [3.63, 3.8) is 0 Å². The van der Waals surface area contributed by atoms with Crippen LogP contribution in [0.5, 0.6) is 11.5 Å². The molecule has 10 heteroatoms. The zero-order valence-electron chi connectivity index (χ0n) is 12.0. The van der Waals surface area contributed by atoms with Gasteiger partial charge in [-0.05, 0) is 70.7 Å². The van der Waals surface area contributed by atoms with Crippen LogP contribution in [0.2, 0.25) is 0 Å². The fourth-order valence-corrected chi connectivity index (χ4v) is 2.09. The molecule has 2 aromatic carbocycles. The van der Waals surface area contributed by atoms with Crippen LogP contribution in [0.3, 0.4) is 0 Å². The third kappa shape index (κ3) is 7.33. The Labute approximate surface area is 177 Å². The standard InChI is InChI=1S/C12H10O5S2.2Na.H2O/c13-18(14)11-5-1-9(2-6-11)17-10-3-7-12(8-4-10)19(15)16;;;/h1-8H,(H,13,14)(H,15,16);;;1H2/q;2*+1;/p-2. The molecule has 0 aliphatic carbocycles. The second kappa shape index (κ2) is 11.9. The van der Waals surface area contributed by atoms with Crippen LogP contribution >= 0.6 is 0 Å². The smallest absolute Gasteiger partial charge is 0.768 e. The van der Waals surface area contributed by atoms with Crippen LogP contribution in [-0.4, -0.2) is 23.0 Å². The molecule has 0 spiro atoms. The molecule has 0 aromatic heterocycles. The van der Waals surface area contributed by atoms with Gasteiger partial charge in [-0.2, -0.15) is 0 Å². The van der Waals surface area contributed by atoms with Gasteiger partial charge in [0.2, 0.25) is 0 Å². The Morgan fingerprint density at radius 1 is 0.682 bits per heavy atom. The minimum absolute atomic E-state index is 0. The second-order valence-corrected chi connectivity index (χ2v) is 5.40. The van der Waals surface area contributed by atoms with E-state index in [9.17, 15) is 17.5 Å². The summed E-state index contributed by atoms with van der Waals surface area (Å²) in [4.78, 5) is 0.342. The summed E-state index contributed by atoms with van der Waals surface area (Å²) in [6.45, 7) is 0. The van der Waals surface area contributed by atoms with E-state index in [0.29, 0.717) is 11.5 Å². The van der Waals surface area contributed by atoms with Crippen LogP contribution in [0.15, 0.2) is 58.3 Å². The molecule has 0 saturated heterocycles. The first-order chi connectivity index (χ1) is 9.06. The largest absolute Gasteiger partial charge is 1.00 e. The van der Waals surface area contributed by atoms with Gasteiger partial charge in [0.15, 0.2) is 0 Å². The second-order valence-electron chi connectivity index (χ2n) is 3.51. The van der Waals surface area contributed by atoms with Crippen LogP contribution < -0.4 is 63.9 Å². The Kier molecular flexibility index (Phi) is 13.3. The molecule has 22 heavy (non-hydrogen) atoms.